The molecule has 2 N–H and O–H groups in total. The fourth-order valence-electron chi connectivity index (χ4n) is 5.73. The van der Waals surface area contributed by atoms with Crippen molar-refractivity contribution in [2.45, 2.75) is 52.1 Å². The highest BCUT2D eigenvalue weighted by Crippen LogP contribution is 2.52. The number of rotatable bonds is 38. The highest BCUT2D eigenvalue weighted by molar-refractivity contribution is 5.67. The quantitative estimate of drug-likeness (QED) is 0.0684. The molecular weight excluding hydrogens is 748 g/mol. The van der Waals surface area contributed by atoms with Crippen LogP contribution in [-0.2, 0) is 61.6 Å². The predicted molar refractivity (Wildman–Crippen MR) is 211 cm³/mol. The van der Waals surface area contributed by atoms with Crippen LogP contribution in [0.2, 0.25) is 0 Å². The maximum Gasteiger partial charge on any atom is 0.407 e. The van der Waals surface area contributed by atoms with Gasteiger partial charge in [0.25, 0.3) is 0 Å². The molecule has 0 aromatic heterocycles. The van der Waals surface area contributed by atoms with E-state index < -0.39 is 11.7 Å². The number of alkyl carbamates (subject to hydrolysis) is 2. The molecule has 0 aromatic rings. The van der Waals surface area contributed by atoms with Crippen molar-refractivity contribution < 1.29 is 71.2 Å². The van der Waals surface area contributed by atoms with E-state index in [2.05, 4.69) is 22.8 Å². The van der Waals surface area contributed by atoms with E-state index in [4.69, 9.17) is 61.6 Å². The van der Waals surface area contributed by atoms with Crippen LogP contribution in [0, 0.1) is 17.8 Å². The summed E-state index contributed by atoms with van der Waals surface area (Å²) in [6.45, 7) is 17.1. The minimum atomic E-state index is -0.516. The second-order valence-corrected chi connectivity index (χ2v) is 14.3. The predicted octanol–water partition coefficient (Wildman–Crippen LogP) is 3.41. The molecule has 0 saturated heterocycles. The van der Waals surface area contributed by atoms with Crippen molar-refractivity contribution >= 4 is 12.2 Å². The van der Waals surface area contributed by atoms with Gasteiger partial charge in [-0.3, -0.25) is 0 Å². The Morgan fingerprint density at radius 2 is 0.737 bits per heavy atom. The molecule has 334 valence electrons. The molecule has 17 nitrogen and oxygen atoms in total. The number of amides is 2. The van der Waals surface area contributed by atoms with E-state index in [9.17, 15) is 9.59 Å². The summed E-state index contributed by atoms with van der Waals surface area (Å²) >= 11 is 0. The van der Waals surface area contributed by atoms with Gasteiger partial charge in [-0.1, -0.05) is 12.2 Å². The molecule has 2 rings (SSSR count). The van der Waals surface area contributed by atoms with Crippen LogP contribution < -0.4 is 10.6 Å². The van der Waals surface area contributed by atoms with Gasteiger partial charge in [-0.15, -0.1) is 0 Å². The molecule has 0 radical (unpaired) electrons. The van der Waals surface area contributed by atoms with Crippen LogP contribution in [0.3, 0.4) is 0 Å². The molecule has 2 amide bonds. The Kier molecular flexibility index (Phi) is 32.0. The maximum absolute atomic E-state index is 11.9. The molecule has 0 heterocycles. The first-order valence-corrected chi connectivity index (χ1v) is 20.7. The summed E-state index contributed by atoms with van der Waals surface area (Å²) in [5, 5.41) is 5.38. The lowest BCUT2D eigenvalue weighted by molar-refractivity contribution is -0.0274. The van der Waals surface area contributed by atoms with Crippen LogP contribution in [0.25, 0.3) is 0 Å². The van der Waals surface area contributed by atoms with Gasteiger partial charge in [0.05, 0.1) is 152 Å². The van der Waals surface area contributed by atoms with E-state index in [0.717, 1.165) is 24.7 Å². The van der Waals surface area contributed by atoms with Crippen molar-refractivity contribution in [1.82, 2.24) is 10.6 Å². The molecule has 1 saturated carbocycles. The van der Waals surface area contributed by atoms with Crippen LogP contribution in [0.5, 0.6) is 0 Å². The molecule has 0 spiro atoms. The SMILES string of the molecule is CC(C)(C)OC(=O)NCCOCCOCCOCCOCCOCCOCCOCCOCCOCCOCCOCCNC(=O)OCC1[C@H]2CC/C=C/CC[C@@H]12. The Balaban J connectivity index is 1.14. The van der Waals surface area contributed by atoms with Gasteiger partial charge in [0, 0.05) is 13.1 Å². The van der Waals surface area contributed by atoms with Crippen LogP contribution in [0.1, 0.15) is 46.5 Å². The minimum absolute atomic E-state index is 0.368. The molecule has 0 bridgehead atoms. The van der Waals surface area contributed by atoms with Crippen LogP contribution in [-0.4, -0.2) is 183 Å². The summed E-state index contributed by atoms with van der Waals surface area (Å²) in [4.78, 5) is 23.4. The zero-order valence-corrected chi connectivity index (χ0v) is 35.0. The van der Waals surface area contributed by atoms with Crippen LogP contribution >= 0.6 is 0 Å². The second kappa shape index (κ2) is 35.8. The van der Waals surface area contributed by atoms with Crippen molar-refractivity contribution in [3.8, 4) is 0 Å². The summed E-state index contributed by atoms with van der Waals surface area (Å²) in [5.74, 6) is 1.97. The molecule has 0 aliphatic heterocycles. The lowest BCUT2D eigenvalue weighted by Crippen LogP contribution is -2.34. The number of fused-ring (bicyclic) bond motifs is 1. The summed E-state index contributed by atoms with van der Waals surface area (Å²) < 4.78 is 70.8. The minimum Gasteiger partial charge on any atom is -0.449 e. The first-order valence-electron chi connectivity index (χ1n) is 20.7. The third kappa shape index (κ3) is 32.4. The Hall–Kier alpha value is -2.16. The number of hydrogen-bond acceptors (Lipinski definition) is 15. The molecule has 2 aliphatic rings. The largest absolute Gasteiger partial charge is 0.449 e. The highest BCUT2D eigenvalue weighted by atomic mass is 16.6. The third-order valence-electron chi connectivity index (χ3n) is 8.57. The lowest BCUT2D eigenvalue weighted by atomic mass is 10.1. The van der Waals surface area contributed by atoms with Crippen molar-refractivity contribution in [2.24, 2.45) is 17.8 Å². The van der Waals surface area contributed by atoms with Crippen molar-refractivity contribution in [2.75, 3.05) is 165 Å². The van der Waals surface area contributed by atoms with E-state index in [1.807, 2.05) is 20.8 Å². The number of nitrogens with one attached hydrogen (secondary N) is 2. The van der Waals surface area contributed by atoms with Gasteiger partial charge in [0.15, 0.2) is 0 Å². The van der Waals surface area contributed by atoms with Gasteiger partial charge in [-0.05, 0) is 64.2 Å². The van der Waals surface area contributed by atoms with E-state index in [0.29, 0.717) is 171 Å². The fourth-order valence-corrected chi connectivity index (χ4v) is 5.73. The molecule has 1 unspecified atom stereocenters. The Morgan fingerprint density at radius 3 is 1.04 bits per heavy atom. The molecule has 2 aliphatic carbocycles. The number of hydrogen-bond donors (Lipinski definition) is 2. The smallest absolute Gasteiger partial charge is 0.407 e. The van der Waals surface area contributed by atoms with E-state index in [-0.39, 0.29) is 6.09 Å². The topological polar surface area (TPSA) is 178 Å². The number of carbonyl (C=O) groups excluding carboxylic acids is 2. The zero-order chi connectivity index (χ0) is 40.9. The fraction of sp³-hybridized carbons (Fsp3) is 0.900. The summed E-state index contributed by atoms with van der Waals surface area (Å²) in [6, 6.07) is 0. The molecule has 57 heavy (non-hydrogen) atoms. The zero-order valence-electron chi connectivity index (χ0n) is 35.0. The third-order valence-corrected chi connectivity index (χ3v) is 8.57. The van der Waals surface area contributed by atoms with Gasteiger partial charge in [0.1, 0.15) is 5.60 Å². The summed E-state index contributed by atoms with van der Waals surface area (Å²) in [6.07, 6.45) is 8.42. The normalized spacial score (nSPS) is 18.3. The molecule has 0 aromatic carbocycles. The van der Waals surface area contributed by atoms with Gasteiger partial charge < -0.3 is 72.2 Å². The molecule has 17 heteroatoms. The average molecular weight is 823 g/mol. The Bertz CT molecular complexity index is 971. The van der Waals surface area contributed by atoms with Gasteiger partial charge in [0.2, 0.25) is 0 Å². The highest BCUT2D eigenvalue weighted by Gasteiger charge is 2.49. The average Bonchev–Trinajstić information content (AvgIpc) is 3.82. The standard InChI is InChI=1S/C40H74N2O15/c1-40(2,3)57-39(44)42-11-13-46-15-17-48-19-21-50-23-25-52-27-29-54-31-33-55-32-30-53-28-26-51-24-22-49-20-18-47-16-14-45-12-10-41-38(43)56-34-37-35-8-6-4-5-7-9-36(35)37/h4-5,35-37H,6-34H2,1-3H3,(H,41,43)(H,42,44)/b5-4+/t35-,36+,37?. The Labute approximate surface area is 340 Å². The summed E-state index contributed by atoms with van der Waals surface area (Å²) in [5.41, 5.74) is -0.516. The van der Waals surface area contributed by atoms with E-state index in [1.54, 1.807) is 0 Å². The Morgan fingerprint density at radius 1 is 0.456 bits per heavy atom. The summed E-state index contributed by atoms with van der Waals surface area (Å²) in [7, 11) is 0. The van der Waals surface area contributed by atoms with Gasteiger partial charge in [-0.25, -0.2) is 9.59 Å². The monoisotopic (exact) mass is 823 g/mol. The van der Waals surface area contributed by atoms with Crippen molar-refractivity contribution in [1.29, 1.82) is 0 Å². The maximum atomic E-state index is 11.9. The van der Waals surface area contributed by atoms with Crippen LogP contribution in [0.15, 0.2) is 12.2 Å². The van der Waals surface area contributed by atoms with Gasteiger partial charge in [-0.2, -0.15) is 0 Å². The second-order valence-electron chi connectivity index (χ2n) is 14.3. The molecule has 1 fully saturated rings. The molecular formula is C40H74N2O15. The first-order chi connectivity index (χ1) is 27.9. The van der Waals surface area contributed by atoms with Gasteiger partial charge >= 0.3 is 12.2 Å². The number of allylic oxidation sites excluding steroid dienone is 2. The van der Waals surface area contributed by atoms with Crippen molar-refractivity contribution in [3.05, 3.63) is 12.2 Å². The van der Waals surface area contributed by atoms with E-state index >= 15 is 0 Å². The van der Waals surface area contributed by atoms with Crippen molar-refractivity contribution in [3.63, 3.8) is 0 Å². The van der Waals surface area contributed by atoms with E-state index in [1.165, 1.54) is 12.8 Å². The lowest BCUT2D eigenvalue weighted by Gasteiger charge is -2.19. The number of ether oxygens (including phenoxy) is 13. The molecule has 3 atom stereocenters. The van der Waals surface area contributed by atoms with Crippen LogP contribution in [0.4, 0.5) is 9.59 Å². The number of carbonyl (C=O) groups is 2. The first kappa shape index (κ1) is 51.0.